The second kappa shape index (κ2) is 19.4. The molecule has 0 aliphatic carbocycles. The largest absolute Gasteiger partial charge is 0.618 e. The first-order chi connectivity index (χ1) is 25.4. The van der Waals surface area contributed by atoms with Crippen LogP contribution in [-0.4, -0.2) is 90.5 Å². The minimum atomic E-state index is -3.03. The molecule has 0 bridgehead atoms. The molecule has 17 nitrogen and oxygen atoms in total. The Labute approximate surface area is 307 Å². The van der Waals surface area contributed by atoms with Crippen molar-refractivity contribution in [2.75, 3.05) is 25.7 Å². The van der Waals surface area contributed by atoms with E-state index in [1.165, 1.54) is 30.5 Å². The number of hydrogen-bond donors (Lipinski definition) is 4. The first-order valence-electron chi connectivity index (χ1n) is 16.7. The summed E-state index contributed by atoms with van der Waals surface area (Å²) < 4.78 is 33.8. The number of benzene rings is 2. The van der Waals surface area contributed by atoms with Crippen molar-refractivity contribution >= 4 is 50.6 Å². The van der Waals surface area contributed by atoms with Gasteiger partial charge in [-0.25, -0.2) is 14.6 Å². The van der Waals surface area contributed by atoms with Crippen molar-refractivity contribution in [2.45, 2.75) is 57.3 Å². The zero-order valence-corrected chi connectivity index (χ0v) is 30.6. The van der Waals surface area contributed by atoms with E-state index in [4.69, 9.17) is 19.2 Å². The van der Waals surface area contributed by atoms with Crippen LogP contribution in [0.15, 0.2) is 67.1 Å². The van der Waals surface area contributed by atoms with E-state index in [0.29, 0.717) is 23.6 Å². The molecule has 4 atom stereocenters. The van der Waals surface area contributed by atoms with Crippen LogP contribution in [0.4, 0.5) is 10.5 Å². The van der Waals surface area contributed by atoms with Crippen LogP contribution in [0.1, 0.15) is 49.2 Å². The number of rotatable bonds is 18. The Bertz CT molecular complexity index is 1770. The number of fused-ring (bicyclic) bond motifs is 1. The number of carboxylic acid groups (broad SMARTS) is 1. The number of aliphatic carboxylic acids is 1. The van der Waals surface area contributed by atoms with Gasteiger partial charge in [-0.1, -0.05) is 44.2 Å². The van der Waals surface area contributed by atoms with Gasteiger partial charge in [0, 0.05) is 45.5 Å². The Morgan fingerprint density at radius 3 is 2.40 bits per heavy atom. The monoisotopic (exact) mass is 752 g/mol. The molecule has 19 heteroatoms. The fourth-order valence-corrected chi connectivity index (χ4v) is 5.95. The minimum Gasteiger partial charge on any atom is -0.522 e. The van der Waals surface area contributed by atoms with E-state index in [0.717, 1.165) is 12.7 Å². The Balaban J connectivity index is 1.36. The van der Waals surface area contributed by atoms with Crippen LogP contribution in [0.25, 0.3) is 0 Å². The SMILES string of the molecule is CO[PH](=O)C(NC(=O)CCCOC(=O)N(C)c1ccc2c(c1)OB([C@H](CC(C)C)NC(=O)[C@H](Cc1ccccc1)NC(=O)c1cnccn1)O2)C(=O)O. The molecule has 0 radical (unpaired) electrons. The summed E-state index contributed by atoms with van der Waals surface area (Å²) in [5.41, 5.74) is 1.31. The molecule has 1 aromatic heterocycles. The highest BCUT2D eigenvalue weighted by molar-refractivity contribution is 7.41. The average Bonchev–Trinajstić information content (AvgIpc) is 3.58. The number of hydrogen-bond acceptors (Lipinski definition) is 12. The average molecular weight is 753 g/mol. The topological polar surface area (TPSA) is 225 Å². The number of anilines is 1. The second-order valence-electron chi connectivity index (χ2n) is 12.4. The van der Waals surface area contributed by atoms with Gasteiger partial charge in [-0.2, -0.15) is 0 Å². The molecule has 3 aromatic rings. The number of nitrogens with one attached hydrogen (secondary N) is 3. The third-order valence-electron chi connectivity index (χ3n) is 7.92. The maximum Gasteiger partial charge on any atom is 0.618 e. The van der Waals surface area contributed by atoms with Crippen LogP contribution in [0.2, 0.25) is 0 Å². The summed E-state index contributed by atoms with van der Waals surface area (Å²) in [6.45, 7) is 3.82. The van der Waals surface area contributed by atoms with E-state index in [2.05, 4.69) is 30.4 Å². The number of carboxylic acids is 1. The van der Waals surface area contributed by atoms with E-state index in [-0.39, 0.29) is 37.5 Å². The predicted octanol–water partition coefficient (Wildman–Crippen LogP) is 2.85. The fourth-order valence-electron chi connectivity index (χ4n) is 5.24. The Kier molecular flexibility index (Phi) is 14.7. The molecule has 0 saturated heterocycles. The van der Waals surface area contributed by atoms with Crippen LogP contribution >= 0.6 is 8.03 Å². The lowest BCUT2D eigenvalue weighted by Gasteiger charge is -2.25. The quantitative estimate of drug-likeness (QED) is 0.0835. The van der Waals surface area contributed by atoms with E-state index >= 15 is 0 Å². The number of nitrogens with zero attached hydrogens (tertiary/aromatic N) is 3. The lowest BCUT2D eigenvalue weighted by molar-refractivity contribution is -0.139. The molecule has 2 heterocycles. The van der Waals surface area contributed by atoms with Gasteiger partial charge in [-0.05, 0) is 36.5 Å². The molecule has 4 amide bonds. The number of aromatic nitrogens is 2. The Hall–Kier alpha value is -5.48. The van der Waals surface area contributed by atoms with Crippen molar-refractivity contribution in [3.63, 3.8) is 0 Å². The highest BCUT2D eigenvalue weighted by Gasteiger charge is 2.42. The molecule has 2 aromatic carbocycles. The van der Waals surface area contributed by atoms with Gasteiger partial charge in [0.2, 0.25) is 25.6 Å². The van der Waals surface area contributed by atoms with Gasteiger partial charge in [-0.15, -0.1) is 0 Å². The van der Waals surface area contributed by atoms with Crippen LogP contribution in [-0.2, 0) is 34.6 Å². The van der Waals surface area contributed by atoms with Crippen LogP contribution in [0, 0.1) is 5.92 Å². The molecule has 2 unspecified atom stereocenters. The van der Waals surface area contributed by atoms with Crippen LogP contribution in [0.5, 0.6) is 11.5 Å². The number of ether oxygens (including phenoxy) is 1. The standard InChI is InChI=1S/C34H42BN6O11P/c1-21(2)17-28(39-30(43)24(18-22-9-6-5-7-10-22)38-31(44)25-20-36-14-15-37-25)35-51-26-13-12-23(19-27(26)52-35)41(3)34(47)50-16-8-11-29(42)40-32(33(45)46)53(48)49-4/h5-7,9-10,12-15,19-21,24,28,32,53H,8,11,16-18H2,1-4H3,(H,38,44)(H,39,43)(H,40,42)(H,45,46)/t24-,28-,32?/m0/s1. The van der Waals surface area contributed by atoms with Crippen molar-refractivity contribution in [3.8, 4) is 11.5 Å². The molecule has 0 fully saturated rings. The van der Waals surface area contributed by atoms with Crippen LogP contribution < -0.4 is 30.2 Å². The van der Waals surface area contributed by atoms with Crippen molar-refractivity contribution in [2.24, 2.45) is 5.92 Å². The third-order valence-corrected chi connectivity index (χ3v) is 9.18. The first-order valence-corrected chi connectivity index (χ1v) is 18.1. The number of carbonyl (C=O) groups is 5. The molecule has 282 valence electrons. The predicted molar refractivity (Wildman–Crippen MR) is 193 cm³/mol. The zero-order chi connectivity index (χ0) is 38.5. The van der Waals surface area contributed by atoms with Crippen molar-refractivity contribution in [1.82, 2.24) is 25.9 Å². The summed E-state index contributed by atoms with van der Waals surface area (Å²) >= 11 is 0. The second-order valence-corrected chi connectivity index (χ2v) is 14.0. The molecule has 0 saturated carbocycles. The van der Waals surface area contributed by atoms with E-state index in [9.17, 15) is 28.5 Å². The first kappa shape index (κ1) is 40.3. The molecular formula is C34H42BN6O11P. The highest BCUT2D eigenvalue weighted by atomic mass is 31.1. The van der Waals surface area contributed by atoms with Gasteiger partial charge >= 0.3 is 19.2 Å². The van der Waals surface area contributed by atoms with Crippen molar-refractivity contribution < 1.29 is 52.2 Å². The normalized spacial score (nSPS) is 14.0. The third kappa shape index (κ3) is 11.8. The minimum absolute atomic E-state index is 0.0665. The molecule has 0 spiro atoms. The van der Waals surface area contributed by atoms with Gasteiger partial charge in [-0.3, -0.25) is 28.8 Å². The smallest absolute Gasteiger partial charge is 0.522 e. The number of amides is 4. The summed E-state index contributed by atoms with van der Waals surface area (Å²) in [5.74, 6) is -4.63. The lowest BCUT2D eigenvalue weighted by atomic mass is 9.74. The van der Waals surface area contributed by atoms with Gasteiger partial charge in [0.25, 0.3) is 5.91 Å². The van der Waals surface area contributed by atoms with E-state index in [1.54, 1.807) is 18.2 Å². The van der Waals surface area contributed by atoms with Crippen molar-refractivity contribution in [1.29, 1.82) is 0 Å². The van der Waals surface area contributed by atoms with E-state index < -0.39 is 62.7 Å². The summed E-state index contributed by atoms with van der Waals surface area (Å²) in [5, 5.41) is 17.1. The van der Waals surface area contributed by atoms with Gasteiger partial charge in [0.1, 0.15) is 23.2 Å². The number of carbonyl (C=O) groups excluding carboxylic acids is 4. The van der Waals surface area contributed by atoms with Gasteiger partial charge in [0.05, 0.1) is 24.4 Å². The molecule has 1 aliphatic heterocycles. The Morgan fingerprint density at radius 1 is 1.00 bits per heavy atom. The summed E-state index contributed by atoms with van der Waals surface area (Å²) in [7, 11) is -1.39. The molecular weight excluding hydrogens is 710 g/mol. The van der Waals surface area contributed by atoms with Crippen molar-refractivity contribution in [3.05, 3.63) is 78.4 Å². The highest BCUT2D eigenvalue weighted by Crippen LogP contribution is 2.38. The molecule has 53 heavy (non-hydrogen) atoms. The van der Waals surface area contributed by atoms with Crippen LogP contribution in [0.3, 0.4) is 0 Å². The maximum atomic E-state index is 13.8. The lowest BCUT2D eigenvalue weighted by Crippen LogP contribution is -2.57. The molecule has 1 aliphatic rings. The van der Waals surface area contributed by atoms with Gasteiger partial charge < -0.3 is 39.6 Å². The summed E-state index contributed by atoms with van der Waals surface area (Å²) in [6.07, 6.45) is 4.00. The summed E-state index contributed by atoms with van der Waals surface area (Å²) in [6, 6.07) is 13.1. The maximum absolute atomic E-state index is 13.8. The molecule has 4 rings (SSSR count). The fraction of sp³-hybridized carbons (Fsp3) is 0.382. The summed E-state index contributed by atoms with van der Waals surface area (Å²) in [4.78, 5) is 72.2. The van der Waals surface area contributed by atoms with E-state index in [1.807, 2.05) is 44.2 Å². The Morgan fingerprint density at radius 2 is 1.74 bits per heavy atom. The van der Waals surface area contributed by atoms with Gasteiger partial charge in [0.15, 0.2) is 0 Å². The zero-order valence-electron chi connectivity index (χ0n) is 29.6. The molecule has 4 N–H and O–H groups in total.